The van der Waals surface area contributed by atoms with Crippen LogP contribution in [0.15, 0.2) is 76.8 Å². The molecule has 12 heteroatoms. The average Bonchev–Trinajstić information content (AvgIpc) is 3.33. The van der Waals surface area contributed by atoms with E-state index in [0.29, 0.717) is 39.9 Å². The lowest BCUT2D eigenvalue weighted by Crippen LogP contribution is -2.49. The molecule has 1 aliphatic rings. The molecule has 0 aliphatic carbocycles. The molecule has 3 aromatic carbocycles. The molecule has 2 atom stereocenters. The normalized spacial score (nSPS) is 17.9. The highest BCUT2D eigenvalue weighted by Crippen LogP contribution is 2.45. The molecular weight excluding hydrogens is 557 g/mol. The van der Waals surface area contributed by atoms with Crippen molar-refractivity contribution in [3.63, 3.8) is 0 Å². The van der Waals surface area contributed by atoms with E-state index >= 15 is 0 Å². The van der Waals surface area contributed by atoms with Crippen molar-refractivity contribution in [2.45, 2.75) is 31.0 Å². The highest BCUT2D eigenvalue weighted by Gasteiger charge is 2.54. The predicted molar refractivity (Wildman–Crippen MR) is 151 cm³/mol. The molecule has 0 aromatic heterocycles. The molecule has 0 unspecified atom stereocenters. The van der Waals surface area contributed by atoms with Gasteiger partial charge in [0.05, 0.1) is 20.3 Å². The number of carbonyl (C=O) groups is 1. The number of hydrogen-bond donors (Lipinski definition) is 2. The lowest BCUT2D eigenvalue weighted by atomic mass is 9.81. The summed E-state index contributed by atoms with van der Waals surface area (Å²) >= 11 is 12.8. The van der Waals surface area contributed by atoms with Gasteiger partial charge in [0.1, 0.15) is 5.75 Å². The third-order valence-electron chi connectivity index (χ3n) is 6.35. The molecular formula is C28H27Cl2N5O5. The summed E-state index contributed by atoms with van der Waals surface area (Å²) in [6.07, 6.45) is -0.371. The number of nitrogens with one attached hydrogen (secondary N) is 1. The van der Waals surface area contributed by atoms with Gasteiger partial charge in [0, 0.05) is 45.5 Å². The number of benzene rings is 3. The maximum Gasteiger partial charge on any atom is 0.276 e. The van der Waals surface area contributed by atoms with E-state index in [4.69, 9.17) is 53.1 Å². The maximum atomic E-state index is 13.8. The van der Waals surface area contributed by atoms with Crippen LogP contribution in [-0.4, -0.2) is 42.8 Å². The van der Waals surface area contributed by atoms with Gasteiger partial charge in [0.25, 0.3) is 5.91 Å². The Hall–Kier alpha value is -3.79. The lowest BCUT2D eigenvalue weighted by molar-refractivity contribution is -0.139. The number of hydrogen-bond acceptors (Lipinski definition) is 7. The van der Waals surface area contributed by atoms with E-state index in [0.717, 1.165) is 11.1 Å². The number of rotatable bonds is 12. The zero-order chi connectivity index (χ0) is 28.5. The fourth-order valence-corrected chi connectivity index (χ4v) is 4.94. The molecule has 0 spiro atoms. The molecule has 0 fully saturated rings. The molecule has 1 aliphatic heterocycles. The minimum absolute atomic E-state index is 0.0367. The zero-order valence-corrected chi connectivity index (χ0v) is 23.1. The number of azide groups is 1. The standard InChI is InChI=1S/C28H27Cl2N5O5/c1-38-34-27(37)28(16-19-5-2-3-6-20(19)17-32-35-31)25(23-12-9-21(29)15-24(23)30)40-26(33-28)18-7-10-22(11-8-18)39-14-4-13-36/h2-3,5-12,15,25,36H,4,13-14,16-17H2,1H3,(H,34,37)/t25-,28-/m0/s1. The van der Waals surface area contributed by atoms with E-state index in [1.165, 1.54) is 7.11 Å². The molecule has 2 N–H and O–H groups in total. The number of nitrogens with zero attached hydrogens (tertiary/aromatic N) is 4. The largest absolute Gasteiger partial charge is 0.494 e. The fourth-order valence-electron chi connectivity index (χ4n) is 4.44. The number of amides is 1. The Kier molecular flexibility index (Phi) is 9.87. The summed E-state index contributed by atoms with van der Waals surface area (Å²) in [5.41, 5.74) is 12.3. The smallest absolute Gasteiger partial charge is 0.276 e. The minimum atomic E-state index is -1.56. The summed E-state index contributed by atoms with van der Waals surface area (Å²) < 4.78 is 12.1. The number of ether oxygens (including phenoxy) is 2. The molecule has 3 aromatic rings. The first-order valence-electron chi connectivity index (χ1n) is 12.4. The second-order valence-electron chi connectivity index (χ2n) is 8.92. The first kappa shape index (κ1) is 29.2. The van der Waals surface area contributed by atoms with E-state index in [1.54, 1.807) is 42.5 Å². The molecule has 10 nitrogen and oxygen atoms in total. The van der Waals surface area contributed by atoms with Gasteiger partial charge in [-0.2, -0.15) is 0 Å². The number of aliphatic imine (C=N–C) groups is 1. The average molecular weight is 584 g/mol. The number of halogens is 2. The maximum absolute atomic E-state index is 13.8. The van der Waals surface area contributed by atoms with Crippen molar-refractivity contribution in [2.75, 3.05) is 20.3 Å². The van der Waals surface area contributed by atoms with Crippen molar-refractivity contribution in [3.8, 4) is 5.75 Å². The topological polar surface area (TPSA) is 138 Å². The van der Waals surface area contributed by atoms with Crippen LogP contribution in [0.2, 0.25) is 10.0 Å². The van der Waals surface area contributed by atoms with Gasteiger partial charge < -0.3 is 14.6 Å². The second-order valence-corrected chi connectivity index (χ2v) is 9.77. The van der Waals surface area contributed by atoms with Crippen LogP contribution >= 0.6 is 23.2 Å². The van der Waals surface area contributed by atoms with Crippen LogP contribution in [0.25, 0.3) is 10.4 Å². The van der Waals surface area contributed by atoms with Gasteiger partial charge in [-0.15, -0.1) is 0 Å². The van der Waals surface area contributed by atoms with E-state index in [-0.39, 0.29) is 25.5 Å². The van der Waals surface area contributed by atoms with Crippen LogP contribution in [0, 0.1) is 0 Å². The highest BCUT2D eigenvalue weighted by molar-refractivity contribution is 6.35. The van der Waals surface area contributed by atoms with E-state index in [1.807, 2.05) is 24.3 Å². The fraction of sp³-hybridized carbons (Fsp3) is 0.286. The van der Waals surface area contributed by atoms with Gasteiger partial charge >= 0.3 is 0 Å². The van der Waals surface area contributed by atoms with Gasteiger partial charge in [-0.25, -0.2) is 10.5 Å². The zero-order valence-electron chi connectivity index (χ0n) is 21.6. The number of hydroxylamine groups is 1. The number of aliphatic hydroxyl groups excluding tert-OH is 1. The third kappa shape index (κ3) is 6.50. The van der Waals surface area contributed by atoms with Crippen LogP contribution in [0.5, 0.6) is 5.75 Å². The van der Waals surface area contributed by atoms with E-state index in [9.17, 15) is 4.79 Å². The second kappa shape index (κ2) is 13.5. The van der Waals surface area contributed by atoms with Crippen molar-refractivity contribution in [1.82, 2.24) is 5.48 Å². The van der Waals surface area contributed by atoms with Crippen LogP contribution in [0.4, 0.5) is 0 Å². The van der Waals surface area contributed by atoms with Gasteiger partial charge in [0.15, 0.2) is 11.6 Å². The van der Waals surface area contributed by atoms with E-state index in [2.05, 4.69) is 15.5 Å². The molecule has 0 saturated carbocycles. The molecule has 40 heavy (non-hydrogen) atoms. The SMILES string of the molecule is CONC(=O)[C@@]1(Cc2ccccc2CN=[N+]=[N-])N=C(c2ccc(OCCCO)cc2)O[C@H]1c1ccc(Cl)cc1Cl. The summed E-state index contributed by atoms with van der Waals surface area (Å²) in [6, 6.07) is 19.3. The molecule has 0 bridgehead atoms. The molecule has 1 heterocycles. The van der Waals surface area contributed by atoms with Crippen LogP contribution in [0.1, 0.15) is 34.8 Å². The van der Waals surface area contributed by atoms with Gasteiger partial charge in [0.2, 0.25) is 5.90 Å². The Morgan fingerprint density at radius 3 is 2.60 bits per heavy atom. The van der Waals surface area contributed by atoms with Crippen molar-refractivity contribution in [2.24, 2.45) is 10.1 Å². The highest BCUT2D eigenvalue weighted by atomic mass is 35.5. The van der Waals surface area contributed by atoms with Gasteiger partial charge in [-0.3, -0.25) is 9.63 Å². The molecule has 208 valence electrons. The Bertz CT molecular complexity index is 1430. The molecule has 1 amide bonds. The lowest BCUT2D eigenvalue weighted by Gasteiger charge is -2.31. The Morgan fingerprint density at radius 2 is 1.93 bits per heavy atom. The summed E-state index contributed by atoms with van der Waals surface area (Å²) in [6.45, 7) is 0.505. The summed E-state index contributed by atoms with van der Waals surface area (Å²) in [5.74, 6) is 0.281. The molecule has 4 rings (SSSR count). The third-order valence-corrected chi connectivity index (χ3v) is 6.91. The van der Waals surface area contributed by atoms with Gasteiger partial charge in [-0.1, -0.05) is 58.6 Å². The van der Waals surface area contributed by atoms with Crippen molar-refractivity contribution in [1.29, 1.82) is 0 Å². The summed E-state index contributed by atoms with van der Waals surface area (Å²) in [4.78, 5) is 26.6. The van der Waals surface area contributed by atoms with Crippen molar-refractivity contribution in [3.05, 3.63) is 109 Å². The number of aliphatic hydroxyl groups is 1. The Morgan fingerprint density at radius 1 is 1.18 bits per heavy atom. The predicted octanol–water partition coefficient (Wildman–Crippen LogP) is 5.74. The summed E-state index contributed by atoms with van der Waals surface area (Å²) in [7, 11) is 1.33. The van der Waals surface area contributed by atoms with Gasteiger partial charge in [-0.05, 0) is 53.1 Å². The van der Waals surface area contributed by atoms with E-state index < -0.39 is 17.6 Å². The van der Waals surface area contributed by atoms with Crippen LogP contribution < -0.4 is 10.2 Å². The first-order chi connectivity index (χ1) is 19.4. The Labute approximate surface area is 241 Å². The number of carbonyl (C=O) groups excluding carboxylic acids is 1. The quantitative estimate of drug-likeness (QED) is 0.0919. The molecule has 0 saturated heterocycles. The van der Waals surface area contributed by atoms with Crippen LogP contribution in [-0.2, 0) is 27.3 Å². The van der Waals surface area contributed by atoms with Crippen molar-refractivity contribution >= 4 is 35.0 Å². The molecule has 0 radical (unpaired) electrons. The Balaban J connectivity index is 1.83. The monoisotopic (exact) mass is 583 g/mol. The van der Waals surface area contributed by atoms with Crippen LogP contribution in [0.3, 0.4) is 0 Å². The summed E-state index contributed by atoms with van der Waals surface area (Å²) in [5, 5.41) is 13.4. The first-order valence-corrected chi connectivity index (χ1v) is 13.1. The minimum Gasteiger partial charge on any atom is -0.494 e. The van der Waals surface area contributed by atoms with Crippen molar-refractivity contribution < 1.29 is 24.2 Å².